The zero-order valence-electron chi connectivity index (χ0n) is 1.76. The topological polar surface area (TPSA) is 57.0 Å². The molecule has 0 fully saturated rings. The van der Waals surface area contributed by atoms with E-state index >= 15 is 0 Å². The fourth-order valence-corrected chi connectivity index (χ4v) is 0. The van der Waals surface area contributed by atoms with Crippen LogP contribution in [0.3, 0.4) is 0 Å². The second-order valence-corrected chi connectivity index (χ2v) is 0. The second-order valence-electron chi connectivity index (χ2n) is 0. The average Bonchev–Trinajstić information content (AvgIpc) is 0. The van der Waals surface area contributed by atoms with Crippen LogP contribution in [0.2, 0.25) is 0 Å². The number of hydrogen-bond donors (Lipinski definition) is 0. The first-order chi connectivity index (χ1) is 0. The van der Waals surface area contributed by atoms with E-state index in [4.69, 9.17) is 0 Å². The van der Waals surface area contributed by atoms with Crippen molar-refractivity contribution >= 4 is 24.4 Å². The molecule has 0 amide bonds. The molecule has 0 aliphatic rings. The summed E-state index contributed by atoms with van der Waals surface area (Å²) in [5.74, 6) is 0. The van der Waals surface area contributed by atoms with Crippen molar-refractivity contribution in [3.63, 3.8) is 0 Å². The van der Waals surface area contributed by atoms with E-state index in [1.807, 2.05) is 0 Å². The molecule has 2 radical (unpaired) electrons. The third kappa shape index (κ3) is 9.84. The van der Waals surface area contributed by atoms with Crippen LogP contribution in [0.25, 0.3) is 0 Å². The van der Waals surface area contributed by atoms with Crippen LogP contribution < -0.4 is 0 Å². The van der Waals surface area contributed by atoms with Crippen molar-refractivity contribution in [3.05, 3.63) is 0 Å². The molecule has 4 heteroatoms. The maximum absolute atomic E-state index is 0. The van der Waals surface area contributed by atoms with Gasteiger partial charge in [0.25, 0.3) is 0 Å². The van der Waals surface area contributed by atoms with Crippen LogP contribution in [0, 0.1) is 0 Å². The third-order valence-corrected chi connectivity index (χ3v) is 0. The molecule has 0 aromatic heterocycles. The fraction of sp³-hybridized carbons (Fsp3) is 0. The summed E-state index contributed by atoms with van der Waals surface area (Å²) < 4.78 is 0. The Morgan fingerprint density at radius 1 is 0.750 bits per heavy atom. The smallest absolute Gasteiger partial charge is 2.00 e. The van der Waals surface area contributed by atoms with E-state index in [-0.39, 0.29) is 57.1 Å². The molecule has 0 unspecified atom stereocenters. The molecular weight excluding hydrogens is 202 g/mol. The molecule has 0 aliphatic heterocycles. The first-order valence-electron chi connectivity index (χ1n) is 0. The van der Waals surface area contributed by atoms with Gasteiger partial charge in [-0.15, -0.1) is 0 Å². The Morgan fingerprint density at radius 2 is 0.750 bits per heavy atom. The Hall–Kier alpha value is 1.45. The summed E-state index contributed by atoms with van der Waals surface area (Å²) in [5, 5.41) is 0. The Bertz CT molecular complexity index is 6.00. The van der Waals surface area contributed by atoms with E-state index in [1.54, 1.807) is 0 Å². The van der Waals surface area contributed by atoms with Gasteiger partial charge in [0.05, 0.1) is 0 Å². The van der Waals surface area contributed by atoms with Crippen molar-refractivity contribution in [2.45, 2.75) is 0 Å². The summed E-state index contributed by atoms with van der Waals surface area (Å²) in [5.41, 5.74) is 0. The van der Waals surface area contributed by atoms with E-state index in [0.717, 1.165) is 0 Å². The molecule has 18 valence electrons. The Labute approximate surface area is 56.9 Å². The number of hydrogen-bond acceptors (Lipinski definition) is 0. The molecule has 0 spiro atoms. The van der Waals surface area contributed by atoms with Crippen LogP contribution in [-0.2, 0) is 32.7 Å². The van der Waals surface area contributed by atoms with Crippen LogP contribution in [0.1, 0.15) is 0 Å². The maximum Gasteiger partial charge on any atom is 4.00 e. The molecule has 0 heterocycles. The second kappa shape index (κ2) is 25.2. The largest absolute Gasteiger partial charge is 4.00 e. The first-order valence-corrected chi connectivity index (χ1v) is 0. The molecule has 0 aromatic carbocycles. The minimum Gasteiger partial charge on any atom is -2.00 e. The number of rotatable bonds is 0. The Kier molecular flexibility index (Phi) is 322. The molecule has 2 nitrogen and oxygen atoms in total. The van der Waals surface area contributed by atoms with Gasteiger partial charge in [-0.25, -0.2) is 0 Å². The molecule has 0 N–H and O–H groups in total. The molecule has 0 saturated heterocycles. The normalized spacial score (nSPS) is 0. The SMILES string of the molecule is [O-2].[O-2].[Sb+3].[Ti+4]. The monoisotopic (exact) mass is 201 g/mol. The van der Waals surface area contributed by atoms with Crippen molar-refractivity contribution in [1.82, 2.24) is 0 Å². The summed E-state index contributed by atoms with van der Waals surface area (Å²) in [6, 6.07) is 0. The predicted octanol–water partition coefficient (Wildman–Crippen LogP) is -0.621. The van der Waals surface area contributed by atoms with Crippen molar-refractivity contribution in [3.8, 4) is 0 Å². The van der Waals surface area contributed by atoms with Gasteiger partial charge in [-0.05, 0) is 0 Å². The zero-order chi connectivity index (χ0) is 0. The molecule has 0 atom stereocenters. The quantitative estimate of drug-likeness (QED) is 0.469. The van der Waals surface area contributed by atoms with Gasteiger partial charge < -0.3 is 11.0 Å². The summed E-state index contributed by atoms with van der Waals surface area (Å²) in [6.45, 7) is 0. The Morgan fingerprint density at radius 3 is 0.750 bits per heavy atom. The molecule has 0 rings (SSSR count). The van der Waals surface area contributed by atoms with Crippen molar-refractivity contribution in [2.75, 3.05) is 0 Å². The van der Waals surface area contributed by atoms with E-state index < -0.39 is 0 Å². The predicted molar refractivity (Wildman–Crippen MR) is 7.13 cm³/mol. The summed E-state index contributed by atoms with van der Waals surface area (Å²) in [6.07, 6.45) is 0. The van der Waals surface area contributed by atoms with Crippen LogP contribution >= 0.6 is 0 Å². The van der Waals surface area contributed by atoms with Gasteiger partial charge in [0.15, 0.2) is 0 Å². The van der Waals surface area contributed by atoms with Crippen LogP contribution in [0.5, 0.6) is 0 Å². The van der Waals surface area contributed by atoms with Crippen LogP contribution in [-0.4, -0.2) is 24.4 Å². The Balaban J connectivity index is 0. The minimum absolute atomic E-state index is 0. The zero-order valence-corrected chi connectivity index (χ0v) is 5.88. The summed E-state index contributed by atoms with van der Waals surface area (Å²) in [7, 11) is 0. The van der Waals surface area contributed by atoms with Gasteiger partial charge >= 0.3 is 46.1 Å². The molecule has 4 heavy (non-hydrogen) atoms. The maximum atomic E-state index is 0. The standard InChI is InChI=1S/2O.Sb.Ti/q2*-2;+3;+4. The van der Waals surface area contributed by atoms with E-state index in [1.165, 1.54) is 0 Å². The molecule has 0 bridgehead atoms. The summed E-state index contributed by atoms with van der Waals surface area (Å²) >= 11 is 0. The van der Waals surface area contributed by atoms with E-state index in [2.05, 4.69) is 0 Å². The molecular formula is O2SbTi+3. The molecule has 0 aliphatic carbocycles. The van der Waals surface area contributed by atoms with Gasteiger partial charge in [0.2, 0.25) is 0 Å². The van der Waals surface area contributed by atoms with Crippen molar-refractivity contribution in [1.29, 1.82) is 0 Å². The van der Waals surface area contributed by atoms with Crippen molar-refractivity contribution < 1.29 is 32.7 Å². The van der Waals surface area contributed by atoms with E-state index in [9.17, 15) is 0 Å². The minimum atomic E-state index is 0. The third-order valence-electron chi connectivity index (χ3n) is 0. The average molecular weight is 202 g/mol. The fourth-order valence-electron chi connectivity index (χ4n) is 0. The van der Waals surface area contributed by atoms with Gasteiger partial charge in [0.1, 0.15) is 0 Å². The summed E-state index contributed by atoms with van der Waals surface area (Å²) in [4.78, 5) is 0. The van der Waals surface area contributed by atoms with Gasteiger partial charge in [-0.3, -0.25) is 0 Å². The molecule has 0 saturated carbocycles. The van der Waals surface area contributed by atoms with Gasteiger partial charge in [-0.1, -0.05) is 0 Å². The van der Waals surface area contributed by atoms with E-state index in [0.29, 0.717) is 0 Å². The van der Waals surface area contributed by atoms with Crippen LogP contribution in [0.15, 0.2) is 0 Å². The molecule has 0 aromatic rings. The van der Waals surface area contributed by atoms with Gasteiger partial charge in [0, 0.05) is 0 Å². The van der Waals surface area contributed by atoms with Gasteiger partial charge in [-0.2, -0.15) is 0 Å². The first kappa shape index (κ1) is 51.2. The van der Waals surface area contributed by atoms with Crippen LogP contribution in [0.4, 0.5) is 0 Å². The van der Waals surface area contributed by atoms with Crippen molar-refractivity contribution in [2.24, 2.45) is 0 Å².